The molecule has 3 heteroatoms. The molecule has 72 valence electrons. The molecule has 0 aromatic rings. The molecule has 0 bridgehead atoms. The lowest BCUT2D eigenvalue weighted by atomic mass is 9.78. The minimum Gasteiger partial charge on any atom is -0.469 e. The molecule has 3 nitrogen and oxygen atoms in total. The summed E-state index contributed by atoms with van der Waals surface area (Å²) >= 11 is 0. The Morgan fingerprint density at radius 2 is 2.17 bits per heavy atom. The first-order chi connectivity index (χ1) is 5.46. The highest BCUT2D eigenvalue weighted by atomic mass is 16.5. The van der Waals surface area contributed by atoms with E-state index in [1.54, 1.807) is 0 Å². The Kier molecular flexibility index (Phi) is 4.24. The third-order valence-corrected chi connectivity index (χ3v) is 2.68. The van der Waals surface area contributed by atoms with Gasteiger partial charge in [-0.15, -0.1) is 0 Å². The molecule has 0 heterocycles. The quantitative estimate of drug-likeness (QED) is 0.652. The van der Waals surface area contributed by atoms with Gasteiger partial charge in [0.05, 0.1) is 13.5 Å². The highest BCUT2D eigenvalue weighted by Gasteiger charge is 2.29. The third-order valence-electron chi connectivity index (χ3n) is 2.68. The Balaban J connectivity index is 4.23. The largest absolute Gasteiger partial charge is 0.469 e. The molecule has 0 fully saturated rings. The molecule has 2 N–H and O–H groups in total. The topological polar surface area (TPSA) is 52.3 Å². The summed E-state index contributed by atoms with van der Waals surface area (Å²) in [6.07, 6.45) is 1.29. The van der Waals surface area contributed by atoms with Gasteiger partial charge in [0.15, 0.2) is 0 Å². The molecule has 0 rings (SSSR count). The van der Waals surface area contributed by atoms with Gasteiger partial charge in [-0.05, 0) is 18.8 Å². The molecule has 0 amide bonds. The van der Waals surface area contributed by atoms with Gasteiger partial charge in [0.2, 0.25) is 0 Å². The highest BCUT2D eigenvalue weighted by Crippen LogP contribution is 2.28. The Hall–Kier alpha value is -0.570. The summed E-state index contributed by atoms with van der Waals surface area (Å²) in [5.74, 6) is -0.184. The first-order valence-electron chi connectivity index (χ1n) is 4.28. The van der Waals surface area contributed by atoms with Crippen molar-refractivity contribution in [3.63, 3.8) is 0 Å². The molecular formula is C9H19NO2. The van der Waals surface area contributed by atoms with E-state index in [9.17, 15) is 4.79 Å². The molecule has 12 heavy (non-hydrogen) atoms. The van der Waals surface area contributed by atoms with Gasteiger partial charge in [-0.2, -0.15) is 0 Å². The second-order valence-corrected chi connectivity index (χ2v) is 3.55. The van der Waals surface area contributed by atoms with Crippen molar-refractivity contribution >= 4 is 5.97 Å². The number of carbonyl (C=O) groups is 1. The molecule has 0 aromatic heterocycles. The van der Waals surface area contributed by atoms with Gasteiger partial charge in [0, 0.05) is 6.04 Å². The van der Waals surface area contributed by atoms with Crippen LogP contribution in [0.25, 0.3) is 0 Å². The summed E-state index contributed by atoms with van der Waals surface area (Å²) in [6.45, 7) is 5.97. The van der Waals surface area contributed by atoms with Gasteiger partial charge in [-0.1, -0.05) is 13.8 Å². The molecule has 0 aromatic carbocycles. The fourth-order valence-corrected chi connectivity index (χ4v) is 1.01. The Bertz CT molecular complexity index is 157. The summed E-state index contributed by atoms with van der Waals surface area (Å²) in [4.78, 5) is 11.0. The Morgan fingerprint density at radius 3 is 2.42 bits per heavy atom. The van der Waals surface area contributed by atoms with Crippen LogP contribution in [0, 0.1) is 5.41 Å². The average Bonchev–Trinajstić information content (AvgIpc) is 2.03. The van der Waals surface area contributed by atoms with E-state index in [1.807, 2.05) is 20.8 Å². The lowest BCUT2D eigenvalue weighted by molar-refractivity contribution is -0.143. The fraction of sp³-hybridized carbons (Fsp3) is 0.889. The summed E-state index contributed by atoms with van der Waals surface area (Å²) in [5.41, 5.74) is 5.64. The van der Waals surface area contributed by atoms with Crippen LogP contribution in [0.2, 0.25) is 0 Å². The maximum Gasteiger partial charge on any atom is 0.306 e. The minimum absolute atomic E-state index is 0.0154. The van der Waals surface area contributed by atoms with Crippen molar-refractivity contribution in [3.05, 3.63) is 0 Å². The molecule has 0 spiro atoms. The van der Waals surface area contributed by atoms with Crippen LogP contribution >= 0.6 is 0 Å². The zero-order valence-corrected chi connectivity index (χ0v) is 8.39. The van der Waals surface area contributed by atoms with Crippen LogP contribution in [0.1, 0.15) is 33.6 Å². The van der Waals surface area contributed by atoms with Crippen molar-refractivity contribution in [2.75, 3.05) is 7.11 Å². The smallest absolute Gasteiger partial charge is 0.306 e. The number of methoxy groups -OCH3 is 1. The molecule has 0 saturated heterocycles. The lowest BCUT2D eigenvalue weighted by Gasteiger charge is -2.30. The van der Waals surface area contributed by atoms with E-state index in [-0.39, 0.29) is 17.4 Å². The van der Waals surface area contributed by atoms with Gasteiger partial charge in [-0.25, -0.2) is 0 Å². The van der Waals surface area contributed by atoms with Crippen LogP contribution in [0.3, 0.4) is 0 Å². The second-order valence-electron chi connectivity index (χ2n) is 3.55. The monoisotopic (exact) mass is 173 g/mol. The molecule has 0 saturated carbocycles. The molecule has 2 unspecified atom stereocenters. The minimum atomic E-state index is -0.184. The molecule has 0 aliphatic rings. The van der Waals surface area contributed by atoms with E-state index >= 15 is 0 Å². The van der Waals surface area contributed by atoms with Gasteiger partial charge < -0.3 is 10.5 Å². The summed E-state index contributed by atoms with van der Waals surface area (Å²) in [6, 6.07) is 0.0154. The van der Waals surface area contributed by atoms with Crippen molar-refractivity contribution in [1.82, 2.24) is 0 Å². The van der Waals surface area contributed by atoms with Crippen LogP contribution in [0.5, 0.6) is 0 Å². The van der Waals surface area contributed by atoms with E-state index in [0.29, 0.717) is 6.42 Å². The Labute approximate surface area is 74.3 Å². The van der Waals surface area contributed by atoms with E-state index in [4.69, 9.17) is 5.73 Å². The van der Waals surface area contributed by atoms with Crippen molar-refractivity contribution in [2.24, 2.45) is 11.1 Å². The molecular weight excluding hydrogens is 154 g/mol. The number of hydrogen-bond donors (Lipinski definition) is 1. The van der Waals surface area contributed by atoms with Gasteiger partial charge in [0.25, 0.3) is 0 Å². The van der Waals surface area contributed by atoms with Crippen molar-refractivity contribution in [2.45, 2.75) is 39.7 Å². The van der Waals surface area contributed by atoms with Crippen LogP contribution in [-0.4, -0.2) is 19.1 Å². The maximum absolute atomic E-state index is 11.0. The maximum atomic E-state index is 11.0. The van der Waals surface area contributed by atoms with Crippen molar-refractivity contribution in [1.29, 1.82) is 0 Å². The van der Waals surface area contributed by atoms with E-state index in [2.05, 4.69) is 4.74 Å². The second kappa shape index (κ2) is 4.45. The van der Waals surface area contributed by atoms with Crippen molar-refractivity contribution in [3.8, 4) is 0 Å². The average molecular weight is 173 g/mol. The molecule has 0 aliphatic carbocycles. The van der Waals surface area contributed by atoms with E-state index < -0.39 is 0 Å². The predicted molar refractivity (Wildman–Crippen MR) is 48.7 cm³/mol. The summed E-state index contributed by atoms with van der Waals surface area (Å²) in [5, 5.41) is 0. The van der Waals surface area contributed by atoms with Gasteiger partial charge >= 0.3 is 5.97 Å². The standard InChI is InChI=1S/C9H19NO2/c1-5-9(3,7(2)10)6-8(11)12-4/h7H,5-6,10H2,1-4H3. The van der Waals surface area contributed by atoms with Crippen molar-refractivity contribution < 1.29 is 9.53 Å². The number of ether oxygens (including phenoxy) is 1. The van der Waals surface area contributed by atoms with E-state index in [1.165, 1.54) is 7.11 Å². The van der Waals surface area contributed by atoms with Gasteiger partial charge in [-0.3, -0.25) is 4.79 Å². The number of rotatable bonds is 4. The van der Waals surface area contributed by atoms with Crippen LogP contribution < -0.4 is 5.73 Å². The van der Waals surface area contributed by atoms with E-state index in [0.717, 1.165) is 6.42 Å². The third kappa shape index (κ3) is 2.81. The predicted octanol–water partition coefficient (Wildman–Crippen LogP) is 1.31. The molecule has 0 aliphatic heterocycles. The zero-order chi connectivity index (χ0) is 9.78. The number of esters is 1. The molecule has 0 radical (unpaired) electrons. The van der Waals surface area contributed by atoms with Crippen LogP contribution in [0.4, 0.5) is 0 Å². The first-order valence-corrected chi connectivity index (χ1v) is 4.28. The fourth-order valence-electron chi connectivity index (χ4n) is 1.01. The number of hydrogen-bond acceptors (Lipinski definition) is 3. The normalized spacial score (nSPS) is 18.1. The summed E-state index contributed by atoms with van der Waals surface area (Å²) in [7, 11) is 1.40. The summed E-state index contributed by atoms with van der Waals surface area (Å²) < 4.78 is 4.60. The lowest BCUT2D eigenvalue weighted by Crippen LogP contribution is -2.38. The van der Waals surface area contributed by atoms with Gasteiger partial charge in [0.1, 0.15) is 0 Å². The first kappa shape index (κ1) is 11.4. The number of nitrogens with two attached hydrogens (primary N) is 1. The SMILES string of the molecule is CCC(C)(CC(=O)OC)C(C)N. The zero-order valence-electron chi connectivity index (χ0n) is 8.39. The Morgan fingerprint density at radius 1 is 1.67 bits per heavy atom. The molecule has 2 atom stereocenters. The van der Waals surface area contributed by atoms with Crippen LogP contribution in [-0.2, 0) is 9.53 Å². The van der Waals surface area contributed by atoms with Crippen LogP contribution in [0.15, 0.2) is 0 Å². The number of carbonyl (C=O) groups excluding carboxylic acids is 1. The highest BCUT2D eigenvalue weighted by molar-refractivity contribution is 5.70.